The van der Waals surface area contributed by atoms with Crippen LogP contribution in [0.5, 0.6) is 11.5 Å². The van der Waals surface area contributed by atoms with Gasteiger partial charge in [0.15, 0.2) is 11.5 Å². The maximum atomic E-state index is 12.6. The Morgan fingerprint density at radius 3 is 2.52 bits per heavy atom. The number of rotatable bonds is 9. The number of ether oxygens (including phenoxy) is 3. The average molecular weight is 453 g/mol. The highest BCUT2D eigenvalue weighted by Crippen LogP contribution is 2.36. The van der Waals surface area contributed by atoms with Gasteiger partial charge in [-0.15, -0.1) is 0 Å². The summed E-state index contributed by atoms with van der Waals surface area (Å²) in [6, 6.07) is 10.7. The van der Waals surface area contributed by atoms with Crippen LogP contribution in [0.3, 0.4) is 0 Å². The fourth-order valence-corrected chi connectivity index (χ4v) is 3.87. The molecule has 7 heteroatoms. The Kier molecular flexibility index (Phi) is 7.98. The lowest BCUT2D eigenvalue weighted by molar-refractivity contribution is -0.136. The Hall–Kier alpha value is -3.48. The molecule has 1 aliphatic rings. The van der Waals surface area contributed by atoms with Gasteiger partial charge in [-0.2, -0.15) is 0 Å². The molecule has 33 heavy (non-hydrogen) atoms. The Labute approximate surface area is 195 Å². The van der Waals surface area contributed by atoms with Crippen molar-refractivity contribution >= 4 is 12.0 Å². The Morgan fingerprint density at radius 1 is 1.03 bits per heavy atom. The van der Waals surface area contributed by atoms with Crippen molar-refractivity contribution < 1.29 is 23.8 Å². The normalized spacial score (nSPS) is 15.5. The number of benzene rings is 2. The maximum Gasteiger partial charge on any atom is 0.337 e. The summed E-state index contributed by atoms with van der Waals surface area (Å²) in [5.74, 6) is 0.664. The monoisotopic (exact) mass is 452 g/mol. The quantitative estimate of drug-likeness (QED) is 0.531. The summed E-state index contributed by atoms with van der Waals surface area (Å²) in [7, 11) is 1.34. The summed E-state index contributed by atoms with van der Waals surface area (Å²) in [6.45, 7) is 8.84. The Bertz CT molecular complexity index is 1060. The van der Waals surface area contributed by atoms with Gasteiger partial charge in [0.1, 0.15) is 6.61 Å². The standard InChI is InChI=1S/C26H32N2O5/c1-6-8-20-23(25(29)31-5)24(28-26(30)27-20)18-11-12-21(22(14-18)32-7-2)33-15-19-13-16(3)9-10-17(19)4/h9-14,24H,6-8,15H2,1-5H3,(H2,27,28,30). The molecular formula is C26H32N2O5. The van der Waals surface area contributed by atoms with E-state index < -0.39 is 12.0 Å². The maximum absolute atomic E-state index is 12.6. The van der Waals surface area contributed by atoms with Crippen molar-refractivity contribution in [1.29, 1.82) is 0 Å². The molecule has 1 aliphatic heterocycles. The Balaban J connectivity index is 1.95. The molecule has 1 unspecified atom stereocenters. The number of carbonyl (C=O) groups is 2. The van der Waals surface area contributed by atoms with E-state index in [1.165, 1.54) is 12.7 Å². The van der Waals surface area contributed by atoms with E-state index in [0.717, 1.165) is 17.5 Å². The minimum atomic E-state index is -0.653. The van der Waals surface area contributed by atoms with Gasteiger partial charge >= 0.3 is 12.0 Å². The third-order valence-corrected chi connectivity index (χ3v) is 5.55. The lowest BCUT2D eigenvalue weighted by atomic mass is 9.93. The van der Waals surface area contributed by atoms with Gasteiger partial charge in [-0.05, 0) is 56.0 Å². The van der Waals surface area contributed by atoms with Crippen molar-refractivity contribution in [1.82, 2.24) is 10.6 Å². The number of hydrogen-bond acceptors (Lipinski definition) is 5. The molecule has 0 spiro atoms. The molecule has 7 nitrogen and oxygen atoms in total. The first-order chi connectivity index (χ1) is 15.9. The zero-order valence-corrected chi connectivity index (χ0v) is 19.9. The molecule has 0 saturated carbocycles. The number of methoxy groups -OCH3 is 1. The summed E-state index contributed by atoms with van der Waals surface area (Å²) in [4.78, 5) is 24.9. The van der Waals surface area contributed by atoms with Gasteiger partial charge < -0.3 is 24.8 Å². The van der Waals surface area contributed by atoms with Gasteiger partial charge in [-0.25, -0.2) is 9.59 Å². The topological polar surface area (TPSA) is 85.9 Å². The van der Waals surface area contributed by atoms with Crippen molar-refractivity contribution in [2.45, 2.75) is 53.2 Å². The van der Waals surface area contributed by atoms with Gasteiger partial charge in [0, 0.05) is 5.70 Å². The summed E-state index contributed by atoms with van der Waals surface area (Å²) >= 11 is 0. The van der Waals surface area contributed by atoms with E-state index in [9.17, 15) is 9.59 Å². The molecule has 0 radical (unpaired) electrons. The average Bonchev–Trinajstić information content (AvgIpc) is 2.79. The second-order valence-corrected chi connectivity index (χ2v) is 8.02. The molecule has 2 aromatic rings. The highest BCUT2D eigenvalue weighted by atomic mass is 16.5. The lowest BCUT2D eigenvalue weighted by Gasteiger charge is -2.29. The number of aryl methyl sites for hydroxylation is 2. The van der Waals surface area contributed by atoms with E-state index in [1.54, 1.807) is 0 Å². The van der Waals surface area contributed by atoms with E-state index in [2.05, 4.69) is 42.7 Å². The van der Waals surface area contributed by atoms with E-state index in [4.69, 9.17) is 14.2 Å². The minimum absolute atomic E-state index is 0.357. The third-order valence-electron chi connectivity index (χ3n) is 5.55. The van der Waals surface area contributed by atoms with Gasteiger partial charge in [-0.1, -0.05) is 43.2 Å². The summed E-state index contributed by atoms with van der Waals surface area (Å²) in [5, 5.41) is 5.60. The van der Waals surface area contributed by atoms with Crippen LogP contribution in [0.2, 0.25) is 0 Å². The molecule has 2 N–H and O–H groups in total. The van der Waals surface area contributed by atoms with Gasteiger partial charge in [0.2, 0.25) is 0 Å². The van der Waals surface area contributed by atoms with Crippen LogP contribution in [0, 0.1) is 13.8 Å². The predicted molar refractivity (Wildman–Crippen MR) is 126 cm³/mol. The number of carbonyl (C=O) groups excluding carboxylic acids is 2. The first kappa shape index (κ1) is 24.2. The highest BCUT2D eigenvalue weighted by Gasteiger charge is 2.33. The third kappa shape index (κ3) is 5.66. The molecule has 2 aromatic carbocycles. The van der Waals surface area contributed by atoms with E-state index in [-0.39, 0.29) is 6.03 Å². The molecule has 1 atom stereocenters. The van der Waals surface area contributed by atoms with Crippen LogP contribution in [0.4, 0.5) is 4.79 Å². The van der Waals surface area contributed by atoms with Crippen molar-refractivity contribution in [2.75, 3.05) is 13.7 Å². The van der Waals surface area contributed by atoms with Crippen molar-refractivity contribution in [2.24, 2.45) is 0 Å². The zero-order valence-electron chi connectivity index (χ0n) is 19.9. The van der Waals surface area contributed by atoms with Crippen LogP contribution in [0.25, 0.3) is 0 Å². The fraction of sp³-hybridized carbons (Fsp3) is 0.385. The predicted octanol–water partition coefficient (Wildman–Crippen LogP) is 4.86. The van der Waals surface area contributed by atoms with Crippen LogP contribution < -0.4 is 20.1 Å². The van der Waals surface area contributed by atoms with Gasteiger partial charge in [0.25, 0.3) is 0 Å². The number of allylic oxidation sites excluding steroid dienone is 1. The summed E-state index contributed by atoms with van der Waals surface area (Å²) in [5.41, 5.74) is 5.11. The van der Waals surface area contributed by atoms with E-state index in [1.807, 2.05) is 32.0 Å². The van der Waals surface area contributed by atoms with Crippen LogP contribution in [0.1, 0.15) is 55.0 Å². The summed E-state index contributed by atoms with van der Waals surface area (Å²) < 4.78 is 17.0. The number of nitrogens with one attached hydrogen (secondary N) is 2. The van der Waals surface area contributed by atoms with E-state index in [0.29, 0.717) is 48.0 Å². The second-order valence-electron chi connectivity index (χ2n) is 8.02. The largest absolute Gasteiger partial charge is 0.490 e. The van der Waals surface area contributed by atoms with Crippen molar-refractivity contribution in [3.8, 4) is 11.5 Å². The molecule has 0 saturated heterocycles. The molecule has 2 amide bonds. The molecule has 3 rings (SSSR count). The zero-order chi connectivity index (χ0) is 24.0. The molecular weight excluding hydrogens is 420 g/mol. The number of urea groups is 1. The van der Waals surface area contributed by atoms with Crippen LogP contribution in [-0.2, 0) is 16.1 Å². The highest BCUT2D eigenvalue weighted by molar-refractivity contribution is 5.95. The smallest absolute Gasteiger partial charge is 0.337 e. The first-order valence-electron chi connectivity index (χ1n) is 11.2. The molecule has 0 fully saturated rings. The summed E-state index contributed by atoms with van der Waals surface area (Å²) in [6.07, 6.45) is 1.34. The SMILES string of the molecule is CCCC1=C(C(=O)OC)C(c2ccc(OCc3cc(C)ccc3C)c(OCC)c2)NC(=O)N1. The fourth-order valence-electron chi connectivity index (χ4n) is 3.87. The molecule has 0 aliphatic carbocycles. The van der Waals surface area contributed by atoms with Crippen LogP contribution in [0.15, 0.2) is 47.7 Å². The molecule has 0 aromatic heterocycles. The molecule has 1 heterocycles. The van der Waals surface area contributed by atoms with Gasteiger partial charge in [-0.3, -0.25) is 0 Å². The van der Waals surface area contributed by atoms with Crippen LogP contribution >= 0.6 is 0 Å². The molecule has 0 bridgehead atoms. The first-order valence-corrected chi connectivity index (χ1v) is 11.2. The number of amides is 2. The lowest BCUT2D eigenvalue weighted by Crippen LogP contribution is -2.45. The number of esters is 1. The second kappa shape index (κ2) is 10.9. The van der Waals surface area contributed by atoms with Crippen LogP contribution in [-0.4, -0.2) is 25.7 Å². The van der Waals surface area contributed by atoms with Crippen molar-refractivity contribution in [3.05, 3.63) is 69.9 Å². The Morgan fingerprint density at radius 2 is 1.82 bits per heavy atom. The van der Waals surface area contributed by atoms with Crippen molar-refractivity contribution in [3.63, 3.8) is 0 Å². The minimum Gasteiger partial charge on any atom is -0.490 e. The van der Waals surface area contributed by atoms with Gasteiger partial charge in [0.05, 0.1) is 25.3 Å². The van der Waals surface area contributed by atoms with E-state index >= 15 is 0 Å². The molecule has 176 valence electrons. The number of hydrogen-bond donors (Lipinski definition) is 2.